The maximum atomic E-state index is 13.8. The molecule has 0 aromatic carbocycles. The number of carbonyl (C=O) groups is 5. The van der Waals surface area contributed by atoms with Crippen LogP contribution < -0.4 is 32.9 Å². The number of nitrogens with zero attached hydrogens (tertiary/aromatic N) is 7. The molecule has 3 heterocycles. The van der Waals surface area contributed by atoms with Crippen LogP contribution in [0.4, 0.5) is 9.93 Å². The van der Waals surface area contributed by atoms with Crippen molar-refractivity contribution < 1.29 is 72.7 Å². The molecule has 0 saturated carbocycles. The summed E-state index contributed by atoms with van der Waals surface area (Å²) in [5.74, 6) is -3.35. The van der Waals surface area contributed by atoms with E-state index in [2.05, 4.69) is 36.4 Å². The van der Waals surface area contributed by atoms with Gasteiger partial charge in [0.05, 0.1) is 46.5 Å². The molecule has 1 fully saturated rings. The lowest BCUT2D eigenvalue weighted by Crippen LogP contribution is -3.00. The number of carbonyl (C=O) groups excluding carboxylic acids is 5. The van der Waals surface area contributed by atoms with E-state index in [1.807, 2.05) is 21.1 Å². The zero-order valence-electron chi connectivity index (χ0n) is 31.8. The molecule has 1 saturated heterocycles. The van der Waals surface area contributed by atoms with Gasteiger partial charge in [0.2, 0.25) is 5.60 Å². The Hall–Kier alpha value is -4.26. The molecule has 302 valence electrons. The Balaban J connectivity index is 0.0000101. The Morgan fingerprint density at radius 1 is 1.04 bits per heavy atom. The van der Waals surface area contributed by atoms with Gasteiger partial charge in [-0.3, -0.25) is 24.3 Å². The van der Waals surface area contributed by atoms with Crippen molar-refractivity contribution in [1.29, 1.82) is 0 Å². The van der Waals surface area contributed by atoms with Crippen LogP contribution in [0.25, 0.3) is 0 Å². The van der Waals surface area contributed by atoms with Gasteiger partial charge < -0.3 is 46.4 Å². The van der Waals surface area contributed by atoms with E-state index in [0.29, 0.717) is 10.2 Å². The SMILES string of the molecule is CC(C)(C)OC(=O)Nc1nc(C(=NOC(C)(C)C(=O)OC(C)(C)C)C(=O)N[C@@H]2C(=O)N(S(=O)(=O)O)[C@@H]2Cn2cc(CNC(=O)C[N+](C)(C)C)nn2)cs1.[Br-]. The number of oxime groups is 1. The molecule has 4 amide bonds. The van der Waals surface area contributed by atoms with E-state index in [1.54, 1.807) is 41.5 Å². The summed E-state index contributed by atoms with van der Waals surface area (Å²) < 4.78 is 46.5. The fraction of sp³-hybridized carbons (Fsp3) is 0.633. The predicted molar refractivity (Wildman–Crippen MR) is 188 cm³/mol. The van der Waals surface area contributed by atoms with Crippen LogP contribution in [0.15, 0.2) is 16.7 Å². The third-order valence-electron chi connectivity index (χ3n) is 6.57. The highest BCUT2D eigenvalue weighted by atomic mass is 79.9. The zero-order valence-corrected chi connectivity index (χ0v) is 35.0. The van der Waals surface area contributed by atoms with E-state index >= 15 is 0 Å². The number of amides is 4. The van der Waals surface area contributed by atoms with Crippen molar-refractivity contribution in [3.8, 4) is 0 Å². The first-order valence-corrected chi connectivity index (χ1v) is 18.4. The number of likely N-dealkylation sites (N-methyl/N-ethyl adjacent to an activating group) is 1. The highest BCUT2D eigenvalue weighted by Gasteiger charge is 2.54. The van der Waals surface area contributed by atoms with Crippen molar-refractivity contribution in [3.05, 3.63) is 23.0 Å². The number of aromatic nitrogens is 4. The monoisotopic (exact) mass is 866 g/mol. The summed E-state index contributed by atoms with van der Waals surface area (Å²) in [4.78, 5) is 73.9. The fourth-order valence-electron chi connectivity index (χ4n) is 4.36. The Labute approximate surface area is 327 Å². The standard InChI is InChI=1S/C30H46N10O11S2.BrH/c1-28(2,3)49-25(44)30(7,8)51-36-21(18-16-52-26(32-18)34-27(45)50-29(4,5)6)23(42)33-22-19(39(24(22)43)53(46,47)48)14-38-13-17(35-37-38)12-31-20(41)15-40(9,10)11;/h13,16,19,22H,12,14-15H2,1-11H3,(H3-,31,32,33,34,41,42,45,46,47,48);1H/t19-,22+;/m1./s1. The topological polar surface area (TPSA) is 263 Å². The minimum Gasteiger partial charge on any atom is -1.00 e. The number of rotatable bonds is 14. The quantitative estimate of drug-likeness (QED) is 0.0381. The zero-order chi connectivity index (χ0) is 40.3. The van der Waals surface area contributed by atoms with Gasteiger partial charge in [-0.1, -0.05) is 10.4 Å². The van der Waals surface area contributed by atoms with Crippen molar-refractivity contribution in [2.75, 3.05) is 33.0 Å². The number of hydrogen-bond acceptors (Lipinski definition) is 15. The second kappa shape index (κ2) is 17.0. The Kier molecular flexibility index (Phi) is 14.5. The molecule has 0 unspecified atom stereocenters. The minimum atomic E-state index is -5.09. The van der Waals surface area contributed by atoms with Crippen LogP contribution in [-0.2, 0) is 56.9 Å². The van der Waals surface area contributed by atoms with Gasteiger partial charge in [0, 0.05) is 5.38 Å². The Morgan fingerprint density at radius 3 is 2.20 bits per heavy atom. The van der Waals surface area contributed by atoms with E-state index < -0.39 is 68.8 Å². The molecule has 21 nitrogen and oxygen atoms in total. The molecule has 0 radical (unpaired) electrons. The number of ether oxygens (including phenoxy) is 2. The van der Waals surface area contributed by atoms with Gasteiger partial charge >= 0.3 is 22.4 Å². The van der Waals surface area contributed by atoms with E-state index in [1.165, 1.54) is 30.1 Å². The normalized spacial score (nSPS) is 16.8. The molecule has 0 aliphatic carbocycles. The summed E-state index contributed by atoms with van der Waals surface area (Å²) in [5.41, 5.74) is -3.88. The Morgan fingerprint density at radius 2 is 1.65 bits per heavy atom. The lowest BCUT2D eigenvalue weighted by atomic mass is 9.98. The highest BCUT2D eigenvalue weighted by Crippen LogP contribution is 2.26. The number of esters is 1. The summed E-state index contributed by atoms with van der Waals surface area (Å²) in [6.07, 6.45) is 0.559. The van der Waals surface area contributed by atoms with Crippen molar-refractivity contribution in [3.63, 3.8) is 0 Å². The van der Waals surface area contributed by atoms with Crippen molar-refractivity contribution in [1.82, 2.24) is 34.9 Å². The first-order chi connectivity index (χ1) is 24.0. The third kappa shape index (κ3) is 13.5. The van der Waals surface area contributed by atoms with Gasteiger partial charge in [0.15, 0.2) is 17.4 Å². The predicted octanol–water partition coefficient (Wildman–Crippen LogP) is -2.55. The number of nitrogens with one attached hydrogen (secondary N) is 3. The summed E-state index contributed by atoms with van der Waals surface area (Å²) in [7, 11) is 0.442. The van der Waals surface area contributed by atoms with E-state index in [9.17, 15) is 36.9 Å². The van der Waals surface area contributed by atoms with Gasteiger partial charge in [-0.15, -0.1) is 16.4 Å². The molecule has 0 spiro atoms. The second-order valence-corrected chi connectivity index (χ2v) is 17.6. The molecular weight excluding hydrogens is 820 g/mol. The van der Waals surface area contributed by atoms with Crippen molar-refractivity contribution in [2.24, 2.45) is 5.16 Å². The van der Waals surface area contributed by atoms with E-state index in [0.717, 1.165) is 11.3 Å². The van der Waals surface area contributed by atoms with E-state index in [-0.39, 0.29) is 57.7 Å². The van der Waals surface area contributed by atoms with Crippen molar-refractivity contribution in [2.45, 2.75) is 97.4 Å². The van der Waals surface area contributed by atoms with Gasteiger partial charge in [0.1, 0.15) is 28.6 Å². The summed E-state index contributed by atoms with van der Waals surface area (Å²) in [5, 5.41) is 20.6. The lowest BCUT2D eigenvalue weighted by Gasteiger charge is -2.43. The second-order valence-electron chi connectivity index (χ2n) is 15.5. The number of quaternary nitrogens is 1. The summed E-state index contributed by atoms with van der Waals surface area (Å²) >= 11 is 0.889. The minimum absolute atomic E-state index is 0. The smallest absolute Gasteiger partial charge is 0.413 e. The third-order valence-corrected chi connectivity index (χ3v) is 8.28. The van der Waals surface area contributed by atoms with Gasteiger partial charge in [-0.05, 0) is 55.4 Å². The average Bonchev–Trinajstić information content (AvgIpc) is 3.60. The molecule has 2 atom stereocenters. The number of thiazole rings is 1. The van der Waals surface area contributed by atoms with Crippen LogP contribution in [-0.4, -0.2) is 134 Å². The number of halogens is 1. The van der Waals surface area contributed by atoms with Gasteiger partial charge in [0.25, 0.3) is 17.7 Å². The number of β-lactam (4-membered cyclic amide) rings is 1. The molecule has 54 heavy (non-hydrogen) atoms. The van der Waals surface area contributed by atoms with Crippen molar-refractivity contribution >= 4 is 62.3 Å². The molecule has 3 rings (SSSR count). The maximum Gasteiger partial charge on any atom is 0.413 e. The average molecular weight is 868 g/mol. The Bertz CT molecular complexity index is 1860. The van der Waals surface area contributed by atoms with Gasteiger partial charge in [-0.25, -0.2) is 23.6 Å². The molecule has 0 bridgehead atoms. The molecule has 24 heteroatoms. The van der Waals surface area contributed by atoms with Crippen LogP contribution in [0.2, 0.25) is 0 Å². The molecule has 1 aliphatic rings. The first-order valence-electron chi connectivity index (χ1n) is 16.1. The molecule has 4 N–H and O–H groups in total. The lowest BCUT2D eigenvalue weighted by molar-refractivity contribution is -0.862. The fourth-order valence-corrected chi connectivity index (χ4v) is 5.91. The molecule has 2 aromatic rings. The molecule has 1 aliphatic heterocycles. The maximum absolute atomic E-state index is 13.8. The van der Waals surface area contributed by atoms with Crippen LogP contribution >= 0.6 is 11.3 Å². The van der Waals surface area contributed by atoms with Crippen LogP contribution in [0.3, 0.4) is 0 Å². The summed E-state index contributed by atoms with van der Waals surface area (Å²) in [6.45, 7) is 12.4. The van der Waals surface area contributed by atoms with E-state index in [4.69, 9.17) is 14.3 Å². The first kappa shape index (κ1) is 45.9. The van der Waals surface area contributed by atoms with Crippen LogP contribution in [0.1, 0.15) is 66.8 Å². The van der Waals surface area contributed by atoms with Crippen LogP contribution in [0, 0.1) is 0 Å². The van der Waals surface area contributed by atoms with Gasteiger partial charge in [-0.2, -0.15) is 8.42 Å². The highest BCUT2D eigenvalue weighted by molar-refractivity contribution is 7.84. The number of anilines is 1. The van der Waals surface area contributed by atoms with Crippen LogP contribution in [0.5, 0.6) is 0 Å². The number of hydrogen-bond donors (Lipinski definition) is 4. The largest absolute Gasteiger partial charge is 1.00 e. The molecule has 2 aromatic heterocycles. The summed E-state index contributed by atoms with van der Waals surface area (Å²) in [6, 6.07) is -2.95. The molecular formula is C30H47BrN10O11S2.